The Bertz CT molecular complexity index is 929. The zero-order valence-electron chi connectivity index (χ0n) is 30.0. The first kappa shape index (κ1) is 36.1. The molecule has 0 aliphatic carbocycles. The molecule has 0 aromatic carbocycles. The van der Waals surface area contributed by atoms with Crippen molar-refractivity contribution in [2.75, 3.05) is 91.6 Å². The largest absolute Gasteiger partial charge is 0.549 e. The van der Waals surface area contributed by atoms with E-state index in [1.807, 2.05) is 0 Å². The van der Waals surface area contributed by atoms with E-state index in [4.69, 9.17) is 0 Å². The molecule has 8 atom stereocenters. The third kappa shape index (κ3) is 8.67. The molecule has 8 nitrogen and oxygen atoms in total. The lowest BCUT2D eigenvalue weighted by atomic mass is 9.80. The number of rotatable bonds is 16. The highest BCUT2D eigenvalue weighted by molar-refractivity contribution is 5.67. The van der Waals surface area contributed by atoms with Crippen molar-refractivity contribution in [2.45, 2.75) is 91.9 Å². The fraction of sp³-hybridized carbons (Fsp3) is 0.947. The molecule has 5 saturated heterocycles. The van der Waals surface area contributed by atoms with E-state index < -0.39 is 11.9 Å². The Morgan fingerprint density at radius 2 is 0.804 bits per heavy atom. The molecule has 0 N–H and O–H groups in total. The fourth-order valence-corrected chi connectivity index (χ4v) is 11.7. The standard InChI is InChI=1S/C38H68N4O4/c1-5-9-31-19-39(23-37(43)44)21-33(31)11-13-35-27-42(17-15-41(16-18-42)25-29(7-3)30(8-4)26-41)28-36(35)14-12-34-22-40(24-38(45)46)20-32(34)10-6-2/h29-36H,5-28H2,1-4H3. The summed E-state index contributed by atoms with van der Waals surface area (Å²) in [6, 6.07) is 0. The summed E-state index contributed by atoms with van der Waals surface area (Å²) >= 11 is 0. The molecule has 5 heterocycles. The molecule has 0 amide bonds. The zero-order valence-corrected chi connectivity index (χ0v) is 30.0. The second-order valence-electron chi connectivity index (χ2n) is 17.1. The van der Waals surface area contributed by atoms with Crippen LogP contribution in [0.15, 0.2) is 0 Å². The first-order chi connectivity index (χ1) is 22.1. The van der Waals surface area contributed by atoms with Gasteiger partial charge in [0.25, 0.3) is 0 Å². The third-order valence-corrected chi connectivity index (χ3v) is 14.1. The molecular formula is C38H68N4O4. The van der Waals surface area contributed by atoms with E-state index in [2.05, 4.69) is 37.5 Å². The van der Waals surface area contributed by atoms with Gasteiger partial charge < -0.3 is 28.8 Å². The number of hydrogen-bond acceptors (Lipinski definition) is 6. The second kappa shape index (κ2) is 16.0. The maximum absolute atomic E-state index is 11.4. The summed E-state index contributed by atoms with van der Waals surface area (Å²) in [5.74, 6) is 3.88. The number of carbonyl (C=O) groups is 2. The minimum Gasteiger partial charge on any atom is -0.549 e. The molecule has 0 bridgehead atoms. The molecule has 0 aromatic rings. The summed E-state index contributed by atoms with van der Waals surface area (Å²) in [5, 5.41) is 22.8. The number of carbonyl (C=O) groups excluding carboxylic acids is 2. The van der Waals surface area contributed by atoms with Gasteiger partial charge in [-0.15, -0.1) is 0 Å². The molecule has 0 aromatic heterocycles. The molecule has 2 spiro atoms. The van der Waals surface area contributed by atoms with E-state index in [9.17, 15) is 19.8 Å². The summed E-state index contributed by atoms with van der Waals surface area (Å²) in [7, 11) is 0. The van der Waals surface area contributed by atoms with Crippen LogP contribution in [0, 0.1) is 47.3 Å². The molecule has 5 rings (SSSR count). The lowest BCUT2D eigenvalue weighted by Gasteiger charge is -2.47. The van der Waals surface area contributed by atoms with E-state index in [0.29, 0.717) is 23.7 Å². The van der Waals surface area contributed by atoms with Gasteiger partial charge in [-0.05, 0) is 75.0 Å². The van der Waals surface area contributed by atoms with E-state index in [1.165, 1.54) is 126 Å². The van der Waals surface area contributed by atoms with Crippen LogP contribution in [0.5, 0.6) is 0 Å². The van der Waals surface area contributed by atoms with Crippen molar-refractivity contribution in [1.82, 2.24) is 9.80 Å². The number of nitrogens with zero attached hydrogens (tertiary/aromatic N) is 4. The monoisotopic (exact) mass is 645 g/mol. The van der Waals surface area contributed by atoms with Gasteiger partial charge in [0.1, 0.15) is 26.2 Å². The van der Waals surface area contributed by atoms with Gasteiger partial charge in [-0.2, -0.15) is 0 Å². The Morgan fingerprint density at radius 3 is 1.11 bits per heavy atom. The van der Waals surface area contributed by atoms with Gasteiger partial charge in [0, 0.05) is 62.9 Å². The van der Waals surface area contributed by atoms with Crippen LogP contribution >= 0.6 is 0 Å². The average Bonchev–Trinajstić information content (AvgIpc) is 3.76. The number of hydrogen-bond donors (Lipinski definition) is 0. The minimum absolute atomic E-state index is 0.0792. The Balaban J connectivity index is 1.25. The van der Waals surface area contributed by atoms with Crippen LogP contribution in [0.25, 0.3) is 0 Å². The van der Waals surface area contributed by atoms with E-state index >= 15 is 0 Å². The highest BCUT2D eigenvalue weighted by Crippen LogP contribution is 2.44. The quantitative estimate of drug-likeness (QED) is 0.240. The first-order valence-corrected chi connectivity index (χ1v) is 19.6. The molecule has 0 radical (unpaired) electrons. The lowest BCUT2D eigenvalue weighted by molar-refractivity contribution is -1.02. The molecule has 264 valence electrons. The zero-order chi connectivity index (χ0) is 32.9. The van der Waals surface area contributed by atoms with E-state index in [1.54, 1.807) is 0 Å². The van der Waals surface area contributed by atoms with Gasteiger partial charge >= 0.3 is 0 Å². The van der Waals surface area contributed by atoms with Gasteiger partial charge in [-0.3, -0.25) is 9.80 Å². The van der Waals surface area contributed by atoms with Gasteiger partial charge in [-0.25, -0.2) is 0 Å². The summed E-state index contributed by atoms with van der Waals surface area (Å²) in [6.45, 7) is 24.1. The van der Waals surface area contributed by atoms with Crippen molar-refractivity contribution in [3.63, 3.8) is 0 Å². The highest BCUT2D eigenvalue weighted by atomic mass is 16.4. The SMILES string of the molecule is CCCC1CN(CC(=O)[O-])CC1CCC1C[N+]2(CC[N+]3(CC2)CC(CC)C(CC)C3)CC1CCC1CN(CC(=O)[O-])CC1CCC. The van der Waals surface area contributed by atoms with Gasteiger partial charge in [0.05, 0.1) is 38.1 Å². The van der Waals surface area contributed by atoms with Gasteiger partial charge in [0.2, 0.25) is 0 Å². The van der Waals surface area contributed by atoms with Gasteiger partial charge in [0.15, 0.2) is 0 Å². The van der Waals surface area contributed by atoms with E-state index in [-0.39, 0.29) is 13.1 Å². The maximum Gasteiger partial charge on any atom is 0.129 e. The maximum atomic E-state index is 11.4. The van der Waals surface area contributed by atoms with Crippen molar-refractivity contribution >= 4 is 11.9 Å². The highest BCUT2D eigenvalue weighted by Gasteiger charge is 2.53. The van der Waals surface area contributed by atoms with Crippen molar-refractivity contribution in [2.24, 2.45) is 47.3 Å². The third-order valence-electron chi connectivity index (χ3n) is 14.1. The summed E-state index contributed by atoms with van der Waals surface area (Å²) in [5.41, 5.74) is 0. The lowest BCUT2D eigenvalue weighted by Crippen LogP contribution is -2.65. The predicted octanol–water partition coefficient (Wildman–Crippen LogP) is 2.70. The number of aliphatic carboxylic acids is 2. The van der Waals surface area contributed by atoms with Crippen LogP contribution in [0.2, 0.25) is 0 Å². The Kier molecular flexibility index (Phi) is 12.5. The number of carboxylic acids is 2. The van der Waals surface area contributed by atoms with Crippen LogP contribution < -0.4 is 10.2 Å². The molecule has 5 fully saturated rings. The van der Waals surface area contributed by atoms with Crippen LogP contribution in [0.3, 0.4) is 0 Å². The van der Waals surface area contributed by atoms with Crippen molar-refractivity contribution in [3.8, 4) is 0 Å². The molecule has 5 aliphatic rings. The first-order valence-electron chi connectivity index (χ1n) is 19.6. The predicted molar refractivity (Wildman–Crippen MR) is 179 cm³/mol. The summed E-state index contributed by atoms with van der Waals surface area (Å²) < 4.78 is 2.72. The Hall–Kier alpha value is -1.22. The topological polar surface area (TPSA) is 86.7 Å². The smallest absolute Gasteiger partial charge is 0.129 e. The van der Waals surface area contributed by atoms with Crippen LogP contribution in [0.4, 0.5) is 0 Å². The molecular weight excluding hydrogens is 576 g/mol. The molecule has 46 heavy (non-hydrogen) atoms. The number of carboxylic acid groups (broad SMARTS) is 2. The van der Waals surface area contributed by atoms with Crippen LogP contribution in [-0.4, -0.2) is 122 Å². The van der Waals surface area contributed by atoms with Gasteiger partial charge in [-0.1, -0.05) is 40.5 Å². The average molecular weight is 645 g/mol. The summed E-state index contributed by atoms with van der Waals surface area (Å²) in [4.78, 5) is 27.1. The molecule has 5 aliphatic heterocycles. The van der Waals surface area contributed by atoms with Crippen LogP contribution in [0.1, 0.15) is 91.9 Å². The molecule has 0 saturated carbocycles. The Labute approximate surface area is 281 Å². The minimum atomic E-state index is -0.941. The van der Waals surface area contributed by atoms with E-state index in [0.717, 1.165) is 49.9 Å². The second-order valence-corrected chi connectivity index (χ2v) is 17.1. The number of likely N-dealkylation sites (tertiary alicyclic amines) is 2. The van der Waals surface area contributed by atoms with Crippen molar-refractivity contribution in [3.05, 3.63) is 0 Å². The normalized spacial score (nSPS) is 40.1. The molecule has 8 heteroatoms. The Morgan fingerprint density at radius 1 is 0.500 bits per heavy atom. The molecule has 8 unspecified atom stereocenters. The summed E-state index contributed by atoms with van der Waals surface area (Å²) in [6.07, 6.45) is 12.4. The van der Waals surface area contributed by atoms with Crippen molar-refractivity contribution in [1.29, 1.82) is 0 Å². The fourth-order valence-electron chi connectivity index (χ4n) is 11.7. The van der Waals surface area contributed by atoms with Crippen LogP contribution in [-0.2, 0) is 9.59 Å². The number of quaternary nitrogens is 2. The van der Waals surface area contributed by atoms with Crippen molar-refractivity contribution < 1.29 is 28.8 Å². The number of piperazine rings is 1.